The molecule has 0 aromatic rings. The monoisotopic (exact) mass is 305 g/mol. The summed E-state index contributed by atoms with van der Waals surface area (Å²) in [5, 5.41) is 11.5. The standard InChI is InChI=1S/C12H20NO6P/c1-6(2)5-9(13-10(15)7(3)14)11(16)19-8(4)12(17)20-18/h6-9,14H,5H2,1-4H3,(H,13,15)/t7-,8-,9-/m0/s1. The molecule has 3 atom stereocenters. The zero-order valence-corrected chi connectivity index (χ0v) is 12.8. The largest absolute Gasteiger partial charge is 0.452 e. The van der Waals surface area contributed by atoms with Gasteiger partial charge in [0, 0.05) is 0 Å². The molecule has 1 amide bonds. The fourth-order valence-corrected chi connectivity index (χ4v) is 1.56. The number of hydrogen-bond donors (Lipinski definition) is 2. The van der Waals surface area contributed by atoms with Crippen molar-refractivity contribution in [2.75, 3.05) is 0 Å². The molecule has 0 unspecified atom stereocenters. The van der Waals surface area contributed by atoms with Crippen LogP contribution in [0.1, 0.15) is 34.1 Å². The summed E-state index contributed by atoms with van der Waals surface area (Å²) in [6.45, 7) is 6.27. The van der Waals surface area contributed by atoms with E-state index < -0.39 is 44.1 Å². The lowest BCUT2D eigenvalue weighted by molar-refractivity contribution is -0.155. The zero-order chi connectivity index (χ0) is 15.9. The first kappa shape index (κ1) is 18.7. The number of aliphatic hydroxyl groups is 1. The Morgan fingerprint density at radius 3 is 2.15 bits per heavy atom. The van der Waals surface area contributed by atoms with E-state index in [0.29, 0.717) is 6.42 Å². The Morgan fingerprint density at radius 1 is 1.20 bits per heavy atom. The molecule has 0 aromatic carbocycles. The normalized spacial score (nSPS) is 15.5. The summed E-state index contributed by atoms with van der Waals surface area (Å²) in [5.74, 6) is -1.41. The molecule has 20 heavy (non-hydrogen) atoms. The fourth-order valence-electron chi connectivity index (χ4n) is 1.36. The molecule has 0 aliphatic carbocycles. The predicted molar refractivity (Wildman–Crippen MR) is 71.2 cm³/mol. The summed E-state index contributed by atoms with van der Waals surface area (Å²) in [6, 6.07) is -0.962. The first-order chi connectivity index (χ1) is 9.18. The molecular formula is C12H20NO6P. The van der Waals surface area contributed by atoms with Gasteiger partial charge in [0.15, 0.2) is 6.10 Å². The van der Waals surface area contributed by atoms with Crippen LogP contribution in [0.25, 0.3) is 0 Å². The van der Waals surface area contributed by atoms with Gasteiger partial charge in [-0.25, -0.2) is 4.79 Å². The molecule has 0 aliphatic rings. The lowest BCUT2D eigenvalue weighted by atomic mass is 10.0. The maximum atomic E-state index is 11.9. The number of esters is 1. The molecule has 0 fully saturated rings. The van der Waals surface area contributed by atoms with Crippen LogP contribution >= 0.6 is 8.46 Å². The predicted octanol–water partition coefficient (Wildman–Crippen LogP) is 0.648. The average Bonchev–Trinajstić information content (AvgIpc) is 2.35. The van der Waals surface area contributed by atoms with Crippen molar-refractivity contribution in [2.24, 2.45) is 5.92 Å². The van der Waals surface area contributed by atoms with E-state index in [9.17, 15) is 18.9 Å². The molecule has 0 bridgehead atoms. The first-order valence-electron chi connectivity index (χ1n) is 6.25. The number of hydrogen-bond acceptors (Lipinski definition) is 6. The van der Waals surface area contributed by atoms with Crippen LogP contribution in [-0.2, 0) is 23.7 Å². The van der Waals surface area contributed by atoms with E-state index in [0.717, 1.165) is 0 Å². The highest BCUT2D eigenvalue weighted by Gasteiger charge is 2.28. The first-order valence-corrected chi connectivity index (χ1v) is 7.06. The van der Waals surface area contributed by atoms with E-state index in [-0.39, 0.29) is 5.92 Å². The third-order valence-corrected chi connectivity index (χ3v) is 2.96. The topological polar surface area (TPSA) is 110 Å². The molecule has 0 aliphatic heterocycles. The number of amides is 1. The van der Waals surface area contributed by atoms with Crippen molar-refractivity contribution in [2.45, 2.75) is 52.4 Å². The molecular weight excluding hydrogens is 285 g/mol. The molecule has 114 valence electrons. The van der Waals surface area contributed by atoms with E-state index in [1.807, 2.05) is 13.8 Å². The average molecular weight is 305 g/mol. The maximum absolute atomic E-state index is 11.9. The van der Waals surface area contributed by atoms with Gasteiger partial charge in [0.1, 0.15) is 12.1 Å². The van der Waals surface area contributed by atoms with Crippen LogP contribution in [0.15, 0.2) is 0 Å². The van der Waals surface area contributed by atoms with E-state index in [4.69, 9.17) is 9.84 Å². The maximum Gasteiger partial charge on any atom is 0.329 e. The summed E-state index contributed by atoms with van der Waals surface area (Å²) in [7, 11) is -0.737. The van der Waals surface area contributed by atoms with Crippen molar-refractivity contribution in [1.29, 1.82) is 0 Å². The van der Waals surface area contributed by atoms with Crippen molar-refractivity contribution < 1.29 is 28.8 Å². The second-order valence-corrected chi connectivity index (χ2v) is 5.50. The van der Waals surface area contributed by atoms with Gasteiger partial charge in [0.05, 0.1) is 0 Å². The molecule has 0 saturated carbocycles. The Morgan fingerprint density at radius 2 is 1.75 bits per heavy atom. The zero-order valence-electron chi connectivity index (χ0n) is 12.0. The Labute approximate surface area is 119 Å². The van der Waals surface area contributed by atoms with Gasteiger partial charge in [-0.1, -0.05) is 13.8 Å². The van der Waals surface area contributed by atoms with Gasteiger partial charge in [-0.3, -0.25) is 14.2 Å². The van der Waals surface area contributed by atoms with Gasteiger partial charge in [-0.2, -0.15) is 0 Å². The summed E-state index contributed by atoms with van der Waals surface area (Å²) < 4.78 is 15.3. The smallest absolute Gasteiger partial charge is 0.329 e. The molecule has 0 rings (SSSR count). The lowest BCUT2D eigenvalue weighted by Crippen LogP contribution is -2.47. The van der Waals surface area contributed by atoms with Crippen molar-refractivity contribution in [3.05, 3.63) is 0 Å². The highest BCUT2D eigenvalue weighted by molar-refractivity contribution is 7.46. The summed E-state index contributed by atoms with van der Waals surface area (Å²) in [6.07, 6.45) is -2.11. The van der Waals surface area contributed by atoms with E-state index in [1.165, 1.54) is 13.8 Å². The van der Waals surface area contributed by atoms with Gasteiger partial charge >= 0.3 is 5.97 Å². The molecule has 0 spiro atoms. The third kappa shape index (κ3) is 6.73. The molecule has 2 N–H and O–H groups in total. The third-order valence-electron chi connectivity index (χ3n) is 2.42. The summed E-state index contributed by atoms with van der Waals surface area (Å²) in [5.41, 5.74) is -0.761. The van der Waals surface area contributed by atoms with Gasteiger partial charge in [0.25, 0.3) is 5.52 Å². The lowest BCUT2D eigenvalue weighted by Gasteiger charge is -2.21. The van der Waals surface area contributed by atoms with Crippen molar-refractivity contribution >= 4 is 25.9 Å². The molecule has 0 saturated heterocycles. The molecule has 0 radical (unpaired) electrons. The minimum atomic E-state index is -1.25. The summed E-state index contributed by atoms with van der Waals surface area (Å²) in [4.78, 5) is 34.4. The van der Waals surface area contributed by atoms with Crippen LogP contribution in [-0.4, -0.2) is 40.8 Å². The number of carbonyl (C=O) groups excluding carboxylic acids is 3. The van der Waals surface area contributed by atoms with Crippen LogP contribution in [0.4, 0.5) is 0 Å². The van der Waals surface area contributed by atoms with E-state index in [1.54, 1.807) is 0 Å². The number of rotatable bonds is 8. The number of aliphatic hydroxyl groups excluding tert-OH is 1. The number of nitrogens with one attached hydrogen (secondary N) is 1. The molecule has 8 heteroatoms. The van der Waals surface area contributed by atoms with Crippen molar-refractivity contribution in [1.82, 2.24) is 5.32 Å². The second kappa shape index (κ2) is 8.76. The number of carbonyl (C=O) groups is 3. The minimum Gasteiger partial charge on any atom is -0.452 e. The Hall–Kier alpha value is -1.33. The Balaban J connectivity index is 4.76. The van der Waals surface area contributed by atoms with Crippen LogP contribution in [0, 0.1) is 5.92 Å². The van der Waals surface area contributed by atoms with Crippen LogP contribution in [0.2, 0.25) is 0 Å². The second-order valence-electron chi connectivity index (χ2n) is 4.88. The van der Waals surface area contributed by atoms with Gasteiger partial charge < -0.3 is 15.2 Å². The van der Waals surface area contributed by atoms with Gasteiger partial charge in [-0.15, -0.1) is 0 Å². The fraction of sp³-hybridized carbons (Fsp3) is 0.750. The van der Waals surface area contributed by atoms with E-state index in [2.05, 4.69) is 5.32 Å². The number of ether oxygens (including phenoxy) is 1. The van der Waals surface area contributed by atoms with Crippen LogP contribution in [0.3, 0.4) is 0 Å². The Kier molecular flexibility index (Phi) is 8.18. The van der Waals surface area contributed by atoms with Gasteiger partial charge in [0.2, 0.25) is 14.4 Å². The highest BCUT2D eigenvalue weighted by atomic mass is 31.1. The van der Waals surface area contributed by atoms with E-state index >= 15 is 0 Å². The molecule has 0 heterocycles. The van der Waals surface area contributed by atoms with Crippen molar-refractivity contribution in [3.63, 3.8) is 0 Å². The molecule has 7 nitrogen and oxygen atoms in total. The minimum absolute atomic E-state index is 0.0884. The SMILES string of the molecule is CC(C)C[C@H](NC(=O)[C@H](C)O)C(=O)O[C@@H](C)C(=O)P=O. The highest BCUT2D eigenvalue weighted by Crippen LogP contribution is 2.10. The van der Waals surface area contributed by atoms with Gasteiger partial charge in [-0.05, 0) is 26.2 Å². The Bertz CT molecular complexity index is 382. The van der Waals surface area contributed by atoms with Crippen LogP contribution < -0.4 is 5.32 Å². The quantitative estimate of drug-likeness (QED) is 0.503. The van der Waals surface area contributed by atoms with Crippen LogP contribution in [0.5, 0.6) is 0 Å². The molecule has 0 aromatic heterocycles. The summed E-state index contributed by atoms with van der Waals surface area (Å²) >= 11 is 0. The van der Waals surface area contributed by atoms with Crippen molar-refractivity contribution in [3.8, 4) is 0 Å².